The summed E-state index contributed by atoms with van der Waals surface area (Å²) in [4.78, 5) is 39.8. The largest absolute Gasteiger partial charge is 0.451 e. The molecule has 1 aromatic carbocycles. The SMILES string of the molecule is CSCCC(NC(=O)c1ccc(Cl)cc1Cl)C(=O)OC(C)C(=O)N(C(C)C)C(C)C. The van der Waals surface area contributed by atoms with Gasteiger partial charge in [-0.25, -0.2) is 4.79 Å². The molecule has 0 fully saturated rings. The lowest BCUT2D eigenvalue weighted by atomic mass is 10.1. The van der Waals surface area contributed by atoms with Crippen molar-refractivity contribution in [2.75, 3.05) is 12.0 Å². The van der Waals surface area contributed by atoms with Crippen molar-refractivity contribution in [2.45, 2.75) is 65.3 Å². The third-order valence-electron chi connectivity index (χ3n) is 4.38. The van der Waals surface area contributed by atoms with Gasteiger partial charge in [-0.05, 0) is 71.2 Å². The van der Waals surface area contributed by atoms with Gasteiger partial charge in [0.25, 0.3) is 11.8 Å². The van der Waals surface area contributed by atoms with Gasteiger partial charge in [0.15, 0.2) is 6.10 Å². The minimum Gasteiger partial charge on any atom is -0.451 e. The van der Waals surface area contributed by atoms with E-state index in [4.69, 9.17) is 27.9 Å². The second kappa shape index (κ2) is 12.4. The maximum absolute atomic E-state index is 12.8. The van der Waals surface area contributed by atoms with Crippen molar-refractivity contribution in [3.63, 3.8) is 0 Å². The minimum atomic E-state index is -0.963. The molecule has 0 heterocycles. The van der Waals surface area contributed by atoms with Gasteiger partial charge in [0, 0.05) is 17.1 Å². The maximum atomic E-state index is 12.8. The van der Waals surface area contributed by atoms with Crippen LogP contribution in [0.2, 0.25) is 10.0 Å². The second-order valence-corrected chi connectivity index (χ2v) is 9.27. The molecule has 30 heavy (non-hydrogen) atoms. The summed E-state index contributed by atoms with van der Waals surface area (Å²) >= 11 is 13.5. The van der Waals surface area contributed by atoms with Gasteiger partial charge in [0.2, 0.25) is 0 Å². The molecule has 2 unspecified atom stereocenters. The van der Waals surface area contributed by atoms with Crippen molar-refractivity contribution in [1.82, 2.24) is 10.2 Å². The van der Waals surface area contributed by atoms with Crippen molar-refractivity contribution in [2.24, 2.45) is 0 Å². The molecule has 2 atom stereocenters. The van der Waals surface area contributed by atoms with E-state index >= 15 is 0 Å². The number of carbonyl (C=O) groups excluding carboxylic acids is 3. The zero-order valence-corrected chi connectivity index (χ0v) is 20.5. The Bertz CT molecular complexity index is 751. The van der Waals surface area contributed by atoms with E-state index in [0.29, 0.717) is 17.2 Å². The van der Waals surface area contributed by atoms with Gasteiger partial charge in [-0.3, -0.25) is 9.59 Å². The van der Waals surface area contributed by atoms with E-state index in [0.717, 1.165) is 0 Å². The van der Waals surface area contributed by atoms with E-state index in [1.54, 1.807) is 17.9 Å². The standard InChI is InChI=1S/C21H30Cl2N2O4S/c1-12(2)25(13(3)4)20(27)14(5)29-21(28)18(9-10-30-6)24-19(26)16-8-7-15(22)11-17(16)23/h7-8,11-14,18H,9-10H2,1-6H3,(H,24,26). The van der Waals surface area contributed by atoms with Crippen molar-refractivity contribution in [3.05, 3.63) is 33.8 Å². The average molecular weight is 477 g/mol. The van der Waals surface area contributed by atoms with Gasteiger partial charge in [0.05, 0.1) is 10.6 Å². The molecule has 1 rings (SSSR count). The lowest BCUT2D eigenvalue weighted by Gasteiger charge is -2.33. The highest BCUT2D eigenvalue weighted by Crippen LogP contribution is 2.21. The number of amides is 2. The van der Waals surface area contributed by atoms with Crippen LogP contribution in [0.25, 0.3) is 0 Å². The van der Waals surface area contributed by atoms with Crippen LogP contribution in [0.3, 0.4) is 0 Å². The number of rotatable bonds is 10. The van der Waals surface area contributed by atoms with E-state index in [-0.39, 0.29) is 28.6 Å². The van der Waals surface area contributed by atoms with Crippen LogP contribution >= 0.6 is 35.0 Å². The Labute approximate surface area is 193 Å². The molecule has 0 saturated heterocycles. The molecular weight excluding hydrogens is 447 g/mol. The number of hydrogen-bond acceptors (Lipinski definition) is 5. The fourth-order valence-corrected chi connectivity index (χ4v) is 3.98. The zero-order valence-electron chi connectivity index (χ0n) is 18.2. The number of nitrogens with one attached hydrogen (secondary N) is 1. The Balaban J connectivity index is 2.92. The molecule has 6 nitrogen and oxygen atoms in total. The van der Waals surface area contributed by atoms with Gasteiger partial charge in [-0.1, -0.05) is 23.2 Å². The molecule has 0 spiro atoms. The number of carbonyl (C=O) groups is 3. The fourth-order valence-electron chi connectivity index (χ4n) is 3.02. The fraction of sp³-hybridized carbons (Fsp3) is 0.571. The van der Waals surface area contributed by atoms with Crippen molar-refractivity contribution < 1.29 is 19.1 Å². The number of thioether (sulfide) groups is 1. The molecule has 0 radical (unpaired) electrons. The molecule has 0 saturated carbocycles. The molecule has 1 aromatic rings. The number of hydrogen-bond donors (Lipinski definition) is 1. The predicted octanol–water partition coefficient (Wildman–Crippen LogP) is 4.42. The molecular formula is C21H30Cl2N2O4S. The van der Waals surface area contributed by atoms with Gasteiger partial charge < -0.3 is 15.0 Å². The summed E-state index contributed by atoms with van der Waals surface area (Å²) < 4.78 is 5.43. The number of esters is 1. The van der Waals surface area contributed by atoms with Crippen molar-refractivity contribution in [3.8, 4) is 0 Å². The van der Waals surface area contributed by atoms with Crippen LogP contribution in [0.15, 0.2) is 18.2 Å². The summed E-state index contributed by atoms with van der Waals surface area (Å²) in [6.45, 7) is 9.17. The van der Waals surface area contributed by atoms with Crippen LogP contribution in [0.5, 0.6) is 0 Å². The minimum absolute atomic E-state index is 0.0299. The first kappa shape index (κ1) is 26.6. The summed E-state index contributed by atoms with van der Waals surface area (Å²) in [6, 6.07) is 3.53. The quantitative estimate of drug-likeness (QED) is 0.505. The highest BCUT2D eigenvalue weighted by atomic mass is 35.5. The third-order valence-corrected chi connectivity index (χ3v) is 5.58. The topological polar surface area (TPSA) is 75.7 Å². The Morgan fingerprint density at radius 1 is 1.10 bits per heavy atom. The van der Waals surface area contributed by atoms with Crippen LogP contribution < -0.4 is 5.32 Å². The van der Waals surface area contributed by atoms with E-state index in [2.05, 4.69) is 5.32 Å². The lowest BCUT2D eigenvalue weighted by Crippen LogP contribution is -2.49. The maximum Gasteiger partial charge on any atom is 0.329 e. The molecule has 9 heteroatoms. The van der Waals surface area contributed by atoms with E-state index in [1.807, 2.05) is 34.0 Å². The first-order valence-corrected chi connectivity index (χ1v) is 11.9. The number of benzene rings is 1. The van der Waals surface area contributed by atoms with Crippen LogP contribution in [0, 0.1) is 0 Å². The first-order valence-electron chi connectivity index (χ1n) is 9.77. The summed E-state index contributed by atoms with van der Waals surface area (Å²) in [5.74, 6) is -0.814. The third kappa shape index (κ3) is 7.67. The summed E-state index contributed by atoms with van der Waals surface area (Å²) in [5, 5.41) is 3.26. The zero-order chi connectivity index (χ0) is 23.0. The number of nitrogens with zero attached hydrogens (tertiary/aromatic N) is 1. The van der Waals surface area contributed by atoms with Crippen LogP contribution in [-0.4, -0.2) is 58.9 Å². The molecule has 0 aliphatic rings. The van der Waals surface area contributed by atoms with Crippen LogP contribution in [0.1, 0.15) is 51.4 Å². The van der Waals surface area contributed by atoms with Gasteiger partial charge in [0.1, 0.15) is 6.04 Å². The molecule has 0 aliphatic carbocycles. The normalized spacial score (nSPS) is 13.1. The first-order chi connectivity index (χ1) is 14.0. The molecule has 0 aromatic heterocycles. The van der Waals surface area contributed by atoms with E-state index < -0.39 is 24.0 Å². The second-order valence-electron chi connectivity index (χ2n) is 7.44. The van der Waals surface area contributed by atoms with Crippen molar-refractivity contribution >= 4 is 52.7 Å². The molecule has 0 aliphatic heterocycles. The number of halogens is 2. The highest BCUT2D eigenvalue weighted by Gasteiger charge is 2.31. The van der Waals surface area contributed by atoms with Gasteiger partial charge >= 0.3 is 5.97 Å². The molecule has 168 valence electrons. The molecule has 2 amide bonds. The molecule has 0 bridgehead atoms. The Morgan fingerprint density at radius 3 is 2.20 bits per heavy atom. The van der Waals surface area contributed by atoms with Crippen LogP contribution in [-0.2, 0) is 14.3 Å². The van der Waals surface area contributed by atoms with Gasteiger partial charge in [-0.2, -0.15) is 11.8 Å². The summed E-state index contributed by atoms with van der Waals surface area (Å²) in [6.07, 6.45) is 1.29. The Hall–Kier alpha value is -1.44. The van der Waals surface area contributed by atoms with Gasteiger partial charge in [-0.15, -0.1) is 0 Å². The smallest absolute Gasteiger partial charge is 0.329 e. The van der Waals surface area contributed by atoms with Crippen molar-refractivity contribution in [1.29, 1.82) is 0 Å². The highest BCUT2D eigenvalue weighted by molar-refractivity contribution is 7.98. The predicted molar refractivity (Wildman–Crippen MR) is 123 cm³/mol. The Morgan fingerprint density at radius 2 is 1.70 bits per heavy atom. The monoisotopic (exact) mass is 476 g/mol. The Kier molecular flexibility index (Phi) is 11.0. The van der Waals surface area contributed by atoms with E-state index in [9.17, 15) is 14.4 Å². The van der Waals surface area contributed by atoms with E-state index in [1.165, 1.54) is 23.9 Å². The molecule has 1 N–H and O–H groups in total. The summed E-state index contributed by atoms with van der Waals surface area (Å²) in [5.41, 5.74) is 0.206. The number of ether oxygens (including phenoxy) is 1. The van der Waals surface area contributed by atoms with Crippen LogP contribution in [0.4, 0.5) is 0 Å². The summed E-state index contributed by atoms with van der Waals surface area (Å²) in [7, 11) is 0. The lowest BCUT2D eigenvalue weighted by molar-refractivity contribution is -0.162. The average Bonchev–Trinajstić information content (AvgIpc) is 2.63.